The van der Waals surface area contributed by atoms with Gasteiger partial charge in [-0.15, -0.1) is 0 Å². The quantitative estimate of drug-likeness (QED) is 0.727. The topological polar surface area (TPSA) is 40.6 Å². The molecule has 27 heavy (non-hydrogen) atoms. The summed E-state index contributed by atoms with van der Waals surface area (Å²) >= 11 is 0. The molecule has 2 heterocycles. The molecule has 0 N–H and O–H groups in total. The standard InChI is InChI=1S/C23H40N2O2/c1-21(2,3)19(26)18-14-23(10-7-11-23)16-24(15-18)20(27)17-8-12-25(13-9-17)22(4,5)6/h17-18H,7-16H2,1-6H3. The van der Waals surface area contributed by atoms with Gasteiger partial charge in [0, 0.05) is 35.9 Å². The average molecular weight is 377 g/mol. The lowest BCUT2D eigenvalue weighted by Crippen LogP contribution is -2.57. The van der Waals surface area contributed by atoms with Crippen LogP contribution in [0, 0.1) is 22.7 Å². The number of Topliss-reactive ketones (excluding diaryl/α,β-unsaturated/α-hetero) is 1. The second-order valence-electron chi connectivity index (χ2n) is 11.5. The molecule has 0 bridgehead atoms. The lowest BCUT2D eigenvalue weighted by atomic mass is 9.60. The Bertz CT molecular complexity index is 572. The molecule has 0 radical (unpaired) electrons. The van der Waals surface area contributed by atoms with E-state index in [1.54, 1.807) is 0 Å². The van der Waals surface area contributed by atoms with Crippen molar-refractivity contribution in [1.82, 2.24) is 9.80 Å². The lowest BCUT2D eigenvalue weighted by Gasteiger charge is -2.52. The molecule has 4 nitrogen and oxygen atoms in total. The monoisotopic (exact) mass is 376 g/mol. The van der Waals surface area contributed by atoms with Crippen LogP contribution in [0.4, 0.5) is 0 Å². The summed E-state index contributed by atoms with van der Waals surface area (Å²) in [4.78, 5) is 30.9. The van der Waals surface area contributed by atoms with Crippen molar-refractivity contribution in [2.75, 3.05) is 26.2 Å². The van der Waals surface area contributed by atoms with Gasteiger partial charge in [-0.3, -0.25) is 14.5 Å². The van der Waals surface area contributed by atoms with Crippen molar-refractivity contribution >= 4 is 11.7 Å². The maximum atomic E-state index is 13.4. The van der Waals surface area contributed by atoms with Gasteiger partial charge in [-0.25, -0.2) is 0 Å². The maximum Gasteiger partial charge on any atom is 0.225 e. The highest BCUT2D eigenvalue weighted by molar-refractivity contribution is 5.87. The van der Waals surface area contributed by atoms with Gasteiger partial charge < -0.3 is 4.90 Å². The first kappa shape index (κ1) is 20.8. The van der Waals surface area contributed by atoms with Crippen molar-refractivity contribution in [2.24, 2.45) is 22.7 Å². The van der Waals surface area contributed by atoms with Crippen molar-refractivity contribution < 1.29 is 9.59 Å². The molecule has 2 aliphatic heterocycles. The van der Waals surface area contributed by atoms with E-state index >= 15 is 0 Å². The molecule has 1 unspecified atom stereocenters. The third kappa shape index (κ3) is 4.41. The zero-order chi connectivity index (χ0) is 20.0. The fraction of sp³-hybridized carbons (Fsp3) is 0.913. The third-order valence-corrected chi connectivity index (χ3v) is 7.28. The smallest absolute Gasteiger partial charge is 0.225 e. The van der Waals surface area contributed by atoms with E-state index in [0.717, 1.165) is 38.9 Å². The SMILES string of the molecule is CC(C)(C)C(=O)C1CN(C(=O)C2CCN(C(C)(C)C)CC2)CC2(CCC2)C1. The Labute approximate surface area is 166 Å². The lowest BCUT2D eigenvalue weighted by molar-refractivity contribution is -0.149. The minimum absolute atomic E-state index is 0.0256. The summed E-state index contributed by atoms with van der Waals surface area (Å²) in [5.41, 5.74) is 0.0880. The van der Waals surface area contributed by atoms with Crippen LogP contribution in [0.2, 0.25) is 0 Å². The Hall–Kier alpha value is -0.900. The molecule has 4 heteroatoms. The molecule has 3 rings (SSSR count). The van der Waals surface area contributed by atoms with Crippen LogP contribution in [-0.4, -0.2) is 53.2 Å². The van der Waals surface area contributed by atoms with E-state index in [1.807, 2.05) is 20.8 Å². The Kier molecular flexibility index (Phi) is 5.53. The van der Waals surface area contributed by atoms with Crippen molar-refractivity contribution in [3.05, 3.63) is 0 Å². The van der Waals surface area contributed by atoms with Gasteiger partial charge in [0.05, 0.1) is 0 Å². The van der Waals surface area contributed by atoms with Crippen LogP contribution in [0.25, 0.3) is 0 Å². The molecule has 1 atom stereocenters. The zero-order valence-electron chi connectivity index (χ0n) is 18.4. The van der Waals surface area contributed by atoms with Crippen LogP contribution < -0.4 is 0 Å². The predicted molar refractivity (Wildman–Crippen MR) is 109 cm³/mol. The largest absolute Gasteiger partial charge is 0.341 e. The van der Waals surface area contributed by atoms with E-state index in [4.69, 9.17) is 0 Å². The molecule has 1 amide bonds. The summed E-state index contributed by atoms with van der Waals surface area (Å²) in [5, 5.41) is 0. The van der Waals surface area contributed by atoms with Gasteiger partial charge in [-0.05, 0) is 71.4 Å². The highest BCUT2D eigenvalue weighted by atomic mass is 16.2. The first-order valence-electron chi connectivity index (χ1n) is 11.0. The number of carbonyl (C=O) groups excluding carboxylic acids is 2. The van der Waals surface area contributed by atoms with E-state index in [2.05, 4.69) is 30.6 Å². The van der Waals surface area contributed by atoms with E-state index in [-0.39, 0.29) is 28.2 Å². The Morgan fingerprint density at radius 2 is 1.52 bits per heavy atom. The minimum Gasteiger partial charge on any atom is -0.341 e. The fourth-order valence-corrected chi connectivity index (χ4v) is 5.44. The summed E-state index contributed by atoms with van der Waals surface area (Å²) in [6.45, 7) is 16.4. The molecular weight excluding hydrogens is 336 g/mol. The van der Waals surface area contributed by atoms with Gasteiger partial charge in [-0.1, -0.05) is 27.2 Å². The molecule has 1 saturated carbocycles. The van der Waals surface area contributed by atoms with Crippen LogP contribution in [0.1, 0.15) is 80.1 Å². The normalized spacial score (nSPS) is 27.5. The van der Waals surface area contributed by atoms with Crippen LogP contribution in [0.5, 0.6) is 0 Å². The number of likely N-dealkylation sites (tertiary alicyclic amines) is 2. The predicted octanol–water partition coefficient (Wildman–Crippen LogP) is 4.13. The summed E-state index contributed by atoms with van der Waals surface area (Å²) in [6, 6.07) is 0. The van der Waals surface area contributed by atoms with Crippen molar-refractivity contribution in [3.8, 4) is 0 Å². The van der Waals surface area contributed by atoms with Gasteiger partial charge in [-0.2, -0.15) is 0 Å². The van der Waals surface area contributed by atoms with E-state index < -0.39 is 0 Å². The van der Waals surface area contributed by atoms with Crippen molar-refractivity contribution in [2.45, 2.75) is 85.6 Å². The van der Waals surface area contributed by atoms with Gasteiger partial charge in [0.25, 0.3) is 0 Å². The minimum atomic E-state index is -0.320. The first-order valence-corrected chi connectivity index (χ1v) is 11.0. The van der Waals surface area contributed by atoms with Crippen LogP contribution >= 0.6 is 0 Å². The van der Waals surface area contributed by atoms with Crippen LogP contribution in [0.3, 0.4) is 0 Å². The Morgan fingerprint density at radius 3 is 1.96 bits per heavy atom. The second kappa shape index (κ2) is 7.17. The number of carbonyl (C=O) groups is 2. The highest BCUT2D eigenvalue weighted by Crippen LogP contribution is 2.50. The summed E-state index contributed by atoms with van der Waals surface area (Å²) < 4.78 is 0. The van der Waals surface area contributed by atoms with E-state index in [9.17, 15) is 9.59 Å². The van der Waals surface area contributed by atoms with Crippen LogP contribution in [-0.2, 0) is 9.59 Å². The molecule has 154 valence electrons. The highest BCUT2D eigenvalue weighted by Gasteiger charge is 2.49. The molecule has 0 aromatic rings. The van der Waals surface area contributed by atoms with E-state index in [1.165, 1.54) is 19.3 Å². The summed E-state index contributed by atoms with van der Waals surface area (Å²) in [6.07, 6.45) is 6.53. The molecule has 1 spiro atoms. The number of ketones is 1. The Balaban J connectivity index is 1.68. The number of piperidine rings is 2. The molecule has 2 saturated heterocycles. The molecule has 0 aromatic carbocycles. The Morgan fingerprint density at radius 1 is 0.926 bits per heavy atom. The zero-order valence-corrected chi connectivity index (χ0v) is 18.4. The molecular formula is C23H40N2O2. The van der Waals surface area contributed by atoms with Gasteiger partial charge >= 0.3 is 0 Å². The second-order valence-corrected chi connectivity index (χ2v) is 11.5. The molecule has 3 aliphatic rings. The van der Waals surface area contributed by atoms with Gasteiger partial charge in [0.2, 0.25) is 5.91 Å². The maximum absolute atomic E-state index is 13.4. The van der Waals surface area contributed by atoms with Gasteiger partial charge in [0.15, 0.2) is 0 Å². The van der Waals surface area contributed by atoms with Crippen LogP contribution in [0.15, 0.2) is 0 Å². The summed E-state index contributed by atoms with van der Waals surface area (Å²) in [7, 11) is 0. The number of hydrogen-bond donors (Lipinski definition) is 0. The number of nitrogens with zero attached hydrogens (tertiary/aromatic N) is 2. The third-order valence-electron chi connectivity index (χ3n) is 7.28. The average Bonchev–Trinajstić information content (AvgIpc) is 2.57. The number of amides is 1. The van der Waals surface area contributed by atoms with Crippen molar-refractivity contribution in [1.29, 1.82) is 0 Å². The van der Waals surface area contributed by atoms with Crippen molar-refractivity contribution in [3.63, 3.8) is 0 Å². The number of rotatable bonds is 2. The number of hydrogen-bond acceptors (Lipinski definition) is 3. The summed E-state index contributed by atoms with van der Waals surface area (Å²) in [5.74, 6) is 0.831. The molecule has 0 aromatic heterocycles. The molecule has 3 fully saturated rings. The van der Waals surface area contributed by atoms with E-state index in [0.29, 0.717) is 18.2 Å². The van der Waals surface area contributed by atoms with Gasteiger partial charge in [0.1, 0.15) is 5.78 Å². The first-order chi connectivity index (χ1) is 12.4. The fourth-order valence-electron chi connectivity index (χ4n) is 5.44. The molecule has 1 aliphatic carbocycles.